The average molecular weight is 440 g/mol. The number of aryl methyl sites for hydroxylation is 2. The van der Waals surface area contributed by atoms with Crippen LogP contribution in [0.4, 0.5) is 5.69 Å². The standard InChI is InChI=1S/C23H25N3O4S/c1-14-7-8-19-17(13-14)15(2)21(30-19)23(27)26-11-9-16(10-12-26)22-24-18-5-3-4-6-20(18)31(28,29)25-22/h3-8,13,16,22,24-25H,9-12H2,1-2H3/t22-/m1/s1. The maximum absolute atomic E-state index is 13.1. The first-order chi connectivity index (χ1) is 14.8. The van der Waals surface area contributed by atoms with Crippen molar-refractivity contribution in [2.75, 3.05) is 18.4 Å². The summed E-state index contributed by atoms with van der Waals surface area (Å²) in [7, 11) is -3.55. The van der Waals surface area contributed by atoms with E-state index < -0.39 is 10.0 Å². The summed E-state index contributed by atoms with van der Waals surface area (Å²) in [5.74, 6) is 0.378. The Labute approximate surface area is 181 Å². The zero-order valence-electron chi connectivity index (χ0n) is 17.5. The average Bonchev–Trinajstić information content (AvgIpc) is 3.09. The second kappa shape index (κ2) is 7.39. The van der Waals surface area contributed by atoms with E-state index in [0.29, 0.717) is 37.4 Å². The zero-order valence-corrected chi connectivity index (χ0v) is 18.3. The van der Waals surface area contributed by atoms with Gasteiger partial charge in [-0.05, 0) is 56.9 Å². The Morgan fingerprint density at radius 2 is 1.84 bits per heavy atom. The Balaban J connectivity index is 1.30. The van der Waals surface area contributed by atoms with Crippen LogP contribution in [0.5, 0.6) is 0 Å². The van der Waals surface area contributed by atoms with Gasteiger partial charge < -0.3 is 14.6 Å². The minimum Gasteiger partial charge on any atom is -0.451 e. The number of nitrogens with zero attached hydrogens (tertiary/aromatic N) is 1. The van der Waals surface area contributed by atoms with Crippen LogP contribution in [0.25, 0.3) is 11.0 Å². The van der Waals surface area contributed by atoms with Gasteiger partial charge in [0.15, 0.2) is 5.76 Å². The minimum atomic E-state index is -3.55. The van der Waals surface area contributed by atoms with Crippen LogP contribution in [0, 0.1) is 19.8 Å². The number of piperidine rings is 1. The number of carbonyl (C=O) groups excluding carboxylic acids is 1. The smallest absolute Gasteiger partial charge is 0.289 e. The van der Waals surface area contributed by atoms with Gasteiger partial charge in [0.25, 0.3) is 5.91 Å². The molecule has 3 aromatic rings. The molecule has 1 amide bonds. The Morgan fingerprint density at radius 1 is 1.10 bits per heavy atom. The highest BCUT2D eigenvalue weighted by Gasteiger charge is 2.36. The number of anilines is 1. The number of furan rings is 1. The second-order valence-corrected chi connectivity index (χ2v) is 10.1. The molecular formula is C23H25N3O4S. The summed E-state index contributed by atoms with van der Waals surface area (Å²) in [5.41, 5.74) is 3.34. The van der Waals surface area contributed by atoms with E-state index in [-0.39, 0.29) is 22.9 Å². The van der Waals surface area contributed by atoms with Crippen LogP contribution in [0.1, 0.15) is 34.5 Å². The van der Waals surface area contributed by atoms with Gasteiger partial charge in [-0.15, -0.1) is 0 Å². The highest BCUT2D eigenvalue weighted by molar-refractivity contribution is 7.89. The third-order valence-corrected chi connectivity index (χ3v) is 7.85. The largest absolute Gasteiger partial charge is 0.451 e. The normalized spacial score (nSPS) is 21.0. The monoisotopic (exact) mass is 439 g/mol. The summed E-state index contributed by atoms with van der Waals surface area (Å²) < 4.78 is 33.9. The number of fused-ring (bicyclic) bond motifs is 2. The molecule has 1 atom stereocenters. The van der Waals surface area contributed by atoms with Crippen LogP contribution < -0.4 is 10.0 Å². The van der Waals surface area contributed by atoms with Gasteiger partial charge in [-0.2, -0.15) is 4.72 Å². The number of hydrogen-bond acceptors (Lipinski definition) is 5. The van der Waals surface area contributed by atoms with Crippen molar-refractivity contribution in [1.29, 1.82) is 0 Å². The van der Waals surface area contributed by atoms with Crippen LogP contribution in [0.3, 0.4) is 0 Å². The Morgan fingerprint density at radius 3 is 2.61 bits per heavy atom. The molecule has 0 radical (unpaired) electrons. The number of hydrogen-bond donors (Lipinski definition) is 2. The fourth-order valence-corrected chi connectivity index (χ4v) is 5.97. The van der Waals surface area contributed by atoms with Crippen molar-refractivity contribution in [3.63, 3.8) is 0 Å². The molecule has 0 unspecified atom stereocenters. The quantitative estimate of drug-likeness (QED) is 0.636. The van der Waals surface area contributed by atoms with Gasteiger partial charge in [0.05, 0.1) is 11.9 Å². The molecule has 2 aliphatic heterocycles. The maximum Gasteiger partial charge on any atom is 0.289 e. The predicted molar refractivity (Wildman–Crippen MR) is 118 cm³/mol. The van der Waals surface area contributed by atoms with E-state index in [1.165, 1.54) is 0 Å². The van der Waals surface area contributed by atoms with Gasteiger partial charge in [0, 0.05) is 24.0 Å². The Bertz CT molecular complexity index is 1270. The fraction of sp³-hybridized carbons (Fsp3) is 0.348. The molecule has 0 bridgehead atoms. The molecule has 0 saturated carbocycles. The molecule has 162 valence electrons. The molecule has 5 rings (SSSR count). The number of nitrogens with one attached hydrogen (secondary N) is 2. The number of sulfonamides is 1. The molecule has 0 aliphatic carbocycles. The van der Waals surface area contributed by atoms with Crippen molar-refractivity contribution in [2.24, 2.45) is 5.92 Å². The summed E-state index contributed by atoms with van der Waals surface area (Å²) >= 11 is 0. The van der Waals surface area contributed by atoms with Gasteiger partial charge in [-0.1, -0.05) is 23.8 Å². The summed E-state index contributed by atoms with van der Waals surface area (Å²) in [4.78, 5) is 15.2. The molecular weight excluding hydrogens is 414 g/mol. The molecule has 2 N–H and O–H groups in total. The third kappa shape index (κ3) is 3.49. The summed E-state index contributed by atoms with van der Waals surface area (Å²) in [6.45, 7) is 5.05. The lowest BCUT2D eigenvalue weighted by Crippen LogP contribution is -2.52. The van der Waals surface area contributed by atoms with E-state index in [1.807, 2.05) is 38.1 Å². The SMILES string of the molecule is Cc1ccc2oc(C(=O)N3CCC([C@@H]4Nc5ccccc5S(=O)(=O)N4)CC3)c(C)c2c1. The molecule has 3 heterocycles. The number of amides is 1. The van der Waals surface area contributed by atoms with Crippen LogP contribution in [0.2, 0.25) is 0 Å². The van der Waals surface area contributed by atoms with E-state index >= 15 is 0 Å². The lowest BCUT2D eigenvalue weighted by atomic mass is 9.93. The lowest BCUT2D eigenvalue weighted by Gasteiger charge is -2.38. The molecule has 7 nitrogen and oxygen atoms in total. The number of benzene rings is 2. The van der Waals surface area contributed by atoms with Crippen molar-refractivity contribution >= 4 is 32.6 Å². The number of para-hydroxylation sites is 1. The van der Waals surface area contributed by atoms with E-state index in [1.54, 1.807) is 23.1 Å². The van der Waals surface area contributed by atoms with E-state index in [2.05, 4.69) is 10.0 Å². The molecule has 8 heteroatoms. The van der Waals surface area contributed by atoms with E-state index in [9.17, 15) is 13.2 Å². The molecule has 2 aliphatic rings. The third-order valence-electron chi connectivity index (χ3n) is 6.35. The number of carbonyl (C=O) groups is 1. The summed E-state index contributed by atoms with van der Waals surface area (Å²) in [6.07, 6.45) is 1.02. The summed E-state index contributed by atoms with van der Waals surface area (Å²) in [6, 6.07) is 12.8. The van der Waals surface area contributed by atoms with Gasteiger partial charge in [0.1, 0.15) is 10.5 Å². The van der Waals surface area contributed by atoms with E-state index in [4.69, 9.17) is 4.42 Å². The first kappa shape index (κ1) is 20.1. The van der Waals surface area contributed by atoms with E-state index in [0.717, 1.165) is 22.1 Å². The van der Waals surface area contributed by atoms with Crippen molar-refractivity contribution in [3.05, 3.63) is 59.4 Å². The van der Waals surface area contributed by atoms with Crippen LogP contribution in [-0.2, 0) is 10.0 Å². The van der Waals surface area contributed by atoms with Crippen molar-refractivity contribution in [1.82, 2.24) is 9.62 Å². The second-order valence-electron chi connectivity index (χ2n) is 8.42. The zero-order chi connectivity index (χ0) is 21.8. The number of likely N-dealkylation sites (tertiary alicyclic amines) is 1. The molecule has 1 fully saturated rings. The highest BCUT2D eigenvalue weighted by Crippen LogP contribution is 2.32. The maximum atomic E-state index is 13.1. The van der Waals surface area contributed by atoms with Crippen molar-refractivity contribution in [2.45, 2.75) is 37.8 Å². The van der Waals surface area contributed by atoms with Crippen molar-refractivity contribution < 1.29 is 17.6 Å². The number of rotatable bonds is 2. The first-order valence-electron chi connectivity index (χ1n) is 10.5. The lowest BCUT2D eigenvalue weighted by molar-refractivity contribution is 0.0648. The highest BCUT2D eigenvalue weighted by atomic mass is 32.2. The first-order valence-corrected chi connectivity index (χ1v) is 12.0. The van der Waals surface area contributed by atoms with Gasteiger partial charge in [-0.3, -0.25) is 4.79 Å². The Hall–Kier alpha value is -2.84. The van der Waals surface area contributed by atoms with Crippen molar-refractivity contribution in [3.8, 4) is 0 Å². The molecule has 1 aromatic heterocycles. The molecule has 2 aromatic carbocycles. The van der Waals surface area contributed by atoms with Crippen LogP contribution in [0.15, 0.2) is 51.8 Å². The van der Waals surface area contributed by atoms with Crippen LogP contribution >= 0.6 is 0 Å². The molecule has 1 saturated heterocycles. The van der Waals surface area contributed by atoms with Gasteiger partial charge >= 0.3 is 0 Å². The van der Waals surface area contributed by atoms with Gasteiger partial charge in [0.2, 0.25) is 10.0 Å². The topological polar surface area (TPSA) is 91.7 Å². The molecule has 31 heavy (non-hydrogen) atoms. The fourth-order valence-electron chi connectivity index (χ4n) is 4.58. The molecule has 0 spiro atoms. The van der Waals surface area contributed by atoms with Crippen LogP contribution in [-0.4, -0.2) is 38.5 Å². The van der Waals surface area contributed by atoms with Gasteiger partial charge in [-0.25, -0.2) is 8.42 Å². The predicted octanol–water partition coefficient (Wildman–Crippen LogP) is 3.63. The minimum absolute atomic E-state index is 0.0894. The Kier molecular flexibility index (Phi) is 4.79. The summed E-state index contributed by atoms with van der Waals surface area (Å²) in [5, 5.41) is 4.29.